The molecule has 3 aromatic rings. The maximum Gasteiger partial charge on any atom is 0.234 e. The van der Waals surface area contributed by atoms with Gasteiger partial charge in [-0.3, -0.25) is 5.10 Å². The van der Waals surface area contributed by atoms with Crippen molar-refractivity contribution in [3.05, 3.63) is 93.1 Å². The highest BCUT2D eigenvalue weighted by molar-refractivity contribution is 7.92. The second-order valence-corrected chi connectivity index (χ2v) is 10.4. The fourth-order valence-electron chi connectivity index (χ4n) is 4.37. The van der Waals surface area contributed by atoms with Gasteiger partial charge in [-0.15, -0.1) is 0 Å². The molecule has 0 fully saturated rings. The maximum atomic E-state index is 12.6. The van der Waals surface area contributed by atoms with Crippen LogP contribution in [0.4, 0.5) is 0 Å². The minimum atomic E-state index is -3.61. The molecule has 32 heavy (non-hydrogen) atoms. The Hall–Kier alpha value is -2.41. The molecule has 1 aliphatic carbocycles. The summed E-state index contributed by atoms with van der Waals surface area (Å²) in [5, 5.41) is 9.63. The second-order valence-electron chi connectivity index (χ2n) is 8.38. The molecule has 0 bridgehead atoms. The number of H-pyrrole nitrogens is 1. The first-order valence-corrected chi connectivity index (χ1v) is 12.9. The van der Waals surface area contributed by atoms with Crippen molar-refractivity contribution in [2.45, 2.75) is 51.0 Å². The monoisotopic (exact) mass is 469 g/mol. The standard InChI is InChI=1S/C25H28ClN3O2S/c1-18(20-9-3-2-4-10-20)29-32(30,31)15-14-24-23-13-6-5-11-21(25(23)28-27-24)16-19-8-7-12-22(26)17-19/h2-4,7-10,12,14-15,17-18,21,29H,5-6,11,13,16H2,1H3,(H,27,28)/t18-,21+/m0/s1. The largest absolute Gasteiger partial charge is 0.281 e. The molecule has 2 N–H and O–H groups in total. The van der Waals surface area contributed by atoms with Crippen molar-refractivity contribution in [1.29, 1.82) is 0 Å². The number of aromatic nitrogens is 2. The first kappa shape index (κ1) is 22.8. The zero-order valence-corrected chi connectivity index (χ0v) is 19.7. The summed E-state index contributed by atoms with van der Waals surface area (Å²) in [7, 11) is -3.61. The molecule has 1 heterocycles. The van der Waals surface area contributed by atoms with E-state index in [2.05, 4.69) is 21.0 Å². The Balaban J connectivity index is 1.51. The summed E-state index contributed by atoms with van der Waals surface area (Å²) in [5.74, 6) is 0.313. The van der Waals surface area contributed by atoms with Gasteiger partial charge in [0.15, 0.2) is 0 Å². The molecule has 168 valence electrons. The molecule has 1 aromatic heterocycles. The van der Waals surface area contributed by atoms with Crippen molar-refractivity contribution in [1.82, 2.24) is 14.9 Å². The summed E-state index contributed by atoms with van der Waals surface area (Å²) in [6.45, 7) is 1.84. The van der Waals surface area contributed by atoms with E-state index in [0.717, 1.165) is 53.9 Å². The highest BCUT2D eigenvalue weighted by Gasteiger charge is 2.24. The van der Waals surface area contributed by atoms with Crippen LogP contribution in [0.5, 0.6) is 0 Å². The zero-order chi connectivity index (χ0) is 22.6. The third kappa shape index (κ3) is 5.68. The van der Waals surface area contributed by atoms with Crippen molar-refractivity contribution < 1.29 is 8.42 Å². The molecule has 1 aliphatic rings. The predicted molar refractivity (Wildman–Crippen MR) is 130 cm³/mol. The van der Waals surface area contributed by atoms with Gasteiger partial charge in [0.25, 0.3) is 0 Å². The van der Waals surface area contributed by atoms with Gasteiger partial charge in [-0.25, -0.2) is 13.1 Å². The average Bonchev–Trinajstić information content (AvgIpc) is 3.07. The van der Waals surface area contributed by atoms with Crippen LogP contribution < -0.4 is 4.72 Å². The van der Waals surface area contributed by atoms with Crippen LogP contribution in [0.1, 0.15) is 66.2 Å². The van der Waals surface area contributed by atoms with E-state index in [1.165, 1.54) is 11.0 Å². The Morgan fingerprint density at radius 1 is 1.19 bits per heavy atom. The number of hydrogen-bond donors (Lipinski definition) is 2. The van der Waals surface area contributed by atoms with Crippen LogP contribution >= 0.6 is 11.6 Å². The van der Waals surface area contributed by atoms with Gasteiger partial charge in [-0.2, -0.15) is 5.10 Å². The first-order chi connectivity index (χ1) is 15.4. The zero-order valence-electron chi connectivity index (χ0n) is 18.1. The van der Waals surface area contributed by atoms with Crippen LogP contribution in [0.3, 0.4) is 0 Å². The average molecular weight is 470 g/mol. The minimum absolute atomic E-state index is 0.313. The molecule has 0 aliphatic heterocycles. The van der Waals surface area contributed by atoms with Crippen LogP contribution in [0, 0.1) is 0 Å². The molecule has 0 amide bonds. The minimum Gasteiger partial charge on any atom is -0.281 e. The lowest BCUT2D eigenvalue weighted by atomic mass is 9.91. The smallest absolute Gasteiger partial charge is 0.234 e. The molecule has 4 rings (SSSR count). The number of sulfonamides is 1. The topological polar surface area (TPSA) is 74.8 Å². The number of nitrogens with zero attached hydrogens (tertiary/aromatic N) is 1. The lowest BCUT2D eigenvalue weighted by Gasteiger charge is -2.14. The normalized spacial score (nSPS) is 17.8. The van der Waals surface area contributed by atoms with Gasteiger partial charge in [0.1, 0.15) is 0 Å². The summed E-state index contributed by atoms with van der Waals surface area (Å²) in [6.07, 6.45) is 6.65. The summed E-state index contributed by atoms with van der Waals surface area (Å²) in [5.41, 5.74) is 5.06. The van der Waals surface area contributed by atoms with E-state index in [4.69, 9.17) is 11.6 Å². The van der Waals surface area contributed by atoms with E-state index in [1.807, 2.05) is 55.5 Å². The van der Waals surface area contributed by atoms with Gasteiger partial charge in [0.05, 0.1) is 5.69 Å². The Bertz CT molecular complexity index is 1190. The number of benzene rings is 2. The number of rotatable bonds is 7. The number of fused-ring (bicyclic) bond motifs is 1. The van der Waals surface area contributed by atoms with E-state index in [-0.39, 0.29) is 6.04 Å². The molecular weight excluding hydrogens is 442 g/mol. The molecule has 2 atom stereocenters. The van der Waals surface area contributed by atoms with Gasteiger partial charge in [0, 0.05) is 33.6 Å². The van der Waals surface area contributed by atoms with Gasteiger partial charge in [0.2, 0.25) is 10.0 Å². The second kappa shape index (κ2) is 10.0. The summed E-state index contributed by atoms with van der Waals surface area (Å²) in [4.78, 5) is 0. The molecule has 7 heteroatoms. The Kier molecular flexibility index (Phi) is 7.13. The number of halogens is 1. The quantitative estimate of drug-likeness (QED) is 0.431. The van der Waals surface area contributed by atoms with E-state index >= 15 is 0 Å². The van der Waals surface area contributed by atoms with Crippen molar-refractivity contribution in [2.75, 3.05) is 0 Å². The third-order valence-corrected chi connectivity index (χ3v) is 7.40. The SMILES string of the molecule is C[C@H](NS(=O)(=O)C=Cc1n[nH]c2c1CCCC[C@@H]2Cc1cccc(Cl)c1)c1ccccc1. The summed E-state index contributed by atoms with van der Waals surface area (Å²) in [6, 6.07) is 17.2. The van der Waals surface area contributed by atoms with Crippen molar-refractivity contribution in [3.63, 3.8) is 0 Å². The van der Waals surface area contributed by atoms with Crippen LogP contribution in [0.2, 0.25) is 5.02 Å². The fourth-order valence-corrected chi connectivity index (χ4v) is 5.60. The maximum absolute atomic E-state index is 12.6. The number of aromatic amines is 1. The van der Waals surface area contributed by atoms with E-state index in [9.17, 15) is 8.42 Å². The van der Waals surface area contributed by atoms with E-state index < -0.39 is 10.0 Å². The van der Waals surface area contributed by atoms with E-state index in [0.29, 0.717) is 11.6 Å². The molecule has 0 radical (unpaired) electrons. The summed E-state index contributed by atoms with van der Waals surface area (Å²) >= 11 is 6.17. The van der Waals surface area contributed by atoms with E-state index in [1.54, 1.807) is 6.08 Å². The van der Waals surface area contributed by atoms with Crippen LogP contribution in [-0.4, -0.2) is 18.6 Å². The highest BCUT2D eigenvalue weighted by Crippen LogP contribution is 2.34. The highest BCUT2D eigenvalue weighted by atomic mass is 35.5. The Morgan fingerprint density at radius 2 is 2.00 bits per heavy atom. The molecule has 2 aromatic carbocycles. The van der Waals surface area contributed by atoms with Crippen molar-refractivity contribution in [3.8, 4) is 0 Å². The van der Waals surface area contributed by atoms with Crippen LogP contribution in [0.25, 0.3) is 6.08 Å². The number of nitrogens with one attached hydrogen (secondary N) is 2. The first-order valence-electron chi connectivity index (χ1n) is 11.0. The summed E-state index contributed by atoms with van der Waals surface area (Å²) < 4.78 is 28.0. The van der Waals surface area contributed by atoms with Gasteiger partial charge < -0.3 is 0 Å². The molecule has 0 saturated carbocycles. The lowest BCUT2D eigenvalue weighted by Crippen LogP contribution is -2.24. The lowest BCUT2D eigenvalue weighted by molar-refractivity contribution is 0.576. The third-order valence-electron chi connectivity index (χ3n) is 5.99. The molecule has 0 saturated heterocycles. The molecular formula is C25H28ClN3O2S. The van der Waals surface area contributed by atoms with Crippen molar-refractivity contribution in [2.24, 2.45) is 0 Å². The Morgan fingerprint density at radius 3 is 2.78 bits per heavy atom. The van der Waals surface area contributed by atoms with Crippen molar-refractivity contribution >= 4 is 27.7 Å². The van der Waals surface area contributed by atoms with Gasteiger partial charge >= 0.3 is 0 Å². The fraction of sp³-hybridized carbons (Fsp3) is 0.320. The number of hydrogen-bond acceptors (Lipinski definition) is 3. The Labute approximate surface area is 195 Å². The van der Waals surface area contributed by atoms with Crippen LogP contribution in [0.15, 0.2) is 60.0 Å². The molecule has 0 unspecified atom stereocenters. The molecule has 5 nitrogen and oxygen atoms in total. The predicted octanol–water partition coefficient (Wildman–Crippen LogP) is 5.77. The van der Waals surface area contributed by atoms with Gasteiger partial charge in [-0.1, -0.05) is 60.5 Å². The van der Waals surface area contributed by atoms with Gasteiger partial charge in [-0.05, 0) is 61.9 Å². The van der Waals surface area contributed by atoms with Crippen LogP contribution in [-0.2, 0) is 22.9 Å². The molecule has 0 spiro atoms.